The van der Waals surface area contributed by atoms with Crippen molar-refractivity contribution in [3.63, 3.8) is 0 Å². The molecule has 1 saturated heterocycles. The number of benzene rings is 2. The number of aromatic nitrogens is 1. The lowest BCUT2D eigenvalue weighted by Crippen LogP contribution is -2.50. The summed E-state index contributed by atoms with van der Waals surface area (Å²) in [7, 11) is 0. The molecule has 2 aromatic carbocycles. The van der Waals surface area contributed by atoms with Crippen LogP contribution in [0.5, 0.6) is 5.75 Å². The number of para-hydroxylation sites is 1. The van der Waals surface area contributed by atoms with Crippen LogP contribution in [0.4, 0.5) is 16.2 Å². The molecule has 2 aliphatic rings. The molecule has 2 N–H and O–H groups in total. The normalized spacial score (nSPS) is 17.9. The first kappa shape index (κ1) is 23.2. The Hall–Kier alpha value is -4.58. The highest BCUT2D eigenvalue weighted by Gasteiger charge is 2.38. The molecule has 3 aromatic rings. The van der Waals surface area contributed by atoms with E-state index in [0.717, 1.165) is 12.1 Å². The van der Waals surface area contributed by atoms with Gasteiger partial charge in [-0.25, -0.2) is 4.79 Å². The number of carbonyl (C=O) groups excluding carboxylic acids is 2. The van der Waals surface area contributed by atoms with E-state index < -0.39 is 6.03 Å². The van der Waals surface area contributed by atoms with Crippen LogP contribution in [0.2, 0.25) is 0 Å². The van der Waals surface area contributed by atoms with E-state index in [9.17, 15) is 14.4 Å². The Morgan fingerprint density at radius 1 is 1.00 bits per heavy atom. The average Bonchev–Trinajstić information content (AvgIpc) is 2.89. The number of amides is 3. The molecule has 9 heteroatoms. The molecule has 0 radical (unpaired) electrons. The number of nitrogens with one attached hydrogen (secondary N) is 2. The molecule has 182 valence electrons. The minimum atomic E-state index is -0.478. The summed E-state index contributed by atoms with van der Waals surface area (Å²) in [5, 5.41) is 14.7. The van der Waals surface area contributed by atoms with E-state index in [1.165, 1.54) is 6.07 Å². The first-order chi connectivity index (χ1) is 17.5. The number of nitriles is 1. The highest BCUT2D eigenvalue weighted by Crippen LogP contribution is 2.38. The number of rotatable bonds is 5. The minimum Gasteiger partial charge on any atom is -0.484 e. The summed E-state index contributed by atoms with van der Waals surface area (Å²) in [6, 6.07) is 20.4. The van der Waals surface area contributed by atoms with E-state index in [1.807, 2.05) is 24.3 Å². The monoisotopic (exact) mass is 483 g/mol. The van der Waals surface area contributed by atoms with E-state index in [-0.39, 0.29) is 29.9 Å². The standard InChI is InChI=1S/C27H25N5O4/c28-13-18-5-4-6-21(12-18)29-27(35)30-23-9-10-24(33)32-15-19-11-20(26(23)32)16-31(14-19)25(34)17-36-22-7-2-1-3-8-22/h1-10,12,19-20H,11,14-17H2,(H2,29,30,35)/t19-,20-/m1/s1. The third kappa shape index (κ3) is 4.93. The van der Waals surface area contributed by atoms with Crippen LogP contribution >= 0.6 is 0 Å². The molecule has 2 aliphatic heterocycles. The summed E-state index contributed by atoms with van der Waals surface area (Å²) >= 11 is 0. The second-order valence-corrected chi connectivity index (χ2v) is 9.05. The second-order valence-electron chi connectivity index (χ2n) is 9.05. The molecule has 2 bridgehead atoms. The maximum Gasteiger partial charge on any atom is 0.323 e. The summed E-state index contributed by atoms with van der Waals surface area (Å²) in [5.41, 5.74) is 2.05. The van der Waals surface area contributed by atoms with E-state index in [1.54, 1.807) is 51.9 Å². The predicted molar refractivity (Wildman–Crippen MR) is 134 cm³/mol. The first-order valence-corrected chi connectivity index (χ1v) is 11.8. The number of hydrogen-bond acceptors (Lipinski definition) is 5. The zero-order valence-corrected chi connectivity index (χ0v) is 19.5. The van der Waals surface area contributed by atoms with Crippen molar-refractivity contribution in [3.8, 4) is 11.8 Å². The van der Waals surface area contributed by atoms with Gasteiger partial charge in [0.1, 0.15) is 5.75 Å². The number of carbonyl (C=O) groups is 2. The number of likely N-dealkylation sites (tertiary alicyclic amines) is 1. The van der Waals surface area contributed by atoms with Crippen molar-refractivity contribution < 1.29 is 14.3 Å². The largest absolute Gasteiger partial charge is 0.484 e. The summed E-state index contributed by atoms with van der Waals surface area (Å²) in [4.78, 5) is 40.1. The van der Waals surface area contributed by atoms with Crippen LogP contribution in [0.25, 0.3) is 0 Å². The van der Waals surface area contributed by atoms with Crippen LogP contribution in [0.15, 0.2) is 71.5 Å². The molecule has 3 amide bonds. The topological polar surface area (TPSA) is 116 Å². The molecule has 1 aromatic heterocycles. The Kier molecular flexibility index (Phi) is 6.41. The van der Waals surface area contributed by atoms with Crippen molar-refractivity contribution >= 4 is 23.3 Å². The molecule has 1 fully saturated rings. The van der Waals surface area contributed by atoms with Gasteiger partial charge in [0.15, 0.2) is 6.61 Å². The zero-order chi connectivity index (χ0) is 25.1. The predicted octanol–water partition coefficient (Wildman–Crippen LogP) is 3.39. The molecule has 0 unspecified atom stereocenters. The molecule has 0 spiro atoms. The fourth-order valence-electron chi connectivity index (χ4n) is 5.03. The average molecular weight is 484 g/mol. The van der Waals surface area contributed by atoms with Gasteiger partial charge in [0, 0.05) is 43.0 Å². The van der Waals surface area contributed by atoms with Gasteiger partial charge in [-0.05, 0) is 48.7 Å². The van der Waals surface area contributed by atoms with Gasteiger partial charge in [-0.2, -0.15) is 5.26 Å². The van der Waals surface area contributed by atoms with Gasteiger partial charge in [-0.3, -0.25) is 9.59 Å². The molecule has 5 rings (SSSR count). The van der Waals surface area contributed by atoms with Crippen LogP contribution in [0, 0.1) is 17.2 Å². The van der Waals surface area contributed by atoms with Gasteiger partial charge >= 0.3 is 6.03 Å². The van der Waals surface area contributed by atoms with E-state index in [2.05, 4.69) is 10.6 Å². The number of urea groups is 1. The molecular formula is C27H25N5O4. The van der Waals surface area contributed by atoms with Crippen LogP contribution in [-0.4, -0.2) is 41.1 Å². The number of nitrogens with zero attached hydrogens (tertiary/aromatic N) is 3. The highest BCUT2D eigenvalue weighted by molar-refractivity contribution is 6.00. The summed E-state index contributed by atoms with van der Waals surface area (Å²) in [5.74, 6) is 0.583. The number of hydrogen-bond donors (Lipinski definition) is 2. The third-order valence-electron chi connectivity index (χ3n) is 6.55. The Balaban J connectivity index is 1.32. The van der Waals surface area contributed by atoms with E-state index in [4.69, 9.17) is 10.00 Å². The van der Waals surface area contributed by atoms with Gasteiger partial charge in [-0.15, -0.1) is 0 Å². The summed E-state index contributed by atoms with van der Waals surface area (Å²) in [6.45, 7) is 1.43. The number of fused-ring (bicyclic) bond motifs is 4. The van der Waals surface area contributed by atoms with Crippen molar-refractivity contribution in [2.24, 2.45) is 5.92 Å². The lowest BCUT2D eigenvalue weighted by Gasteiger charge is -2.43. The number of piperidine rings is 1. The highest BCUT2D eigenvalue weighted by atomic mass is 16.5. The lowest BCUT2D eigenvalue weighted by molar-refractivity contribution is -0.136. The SMILES string of the molecule is N#Cc1cccc(NC(=O)Nc2ccc(=O)n3c2[C@@H]2C[C@H](CN(C(=O)COc4ccccc4)C2)C3)c1. The van der Waals surface area contributed by atoms with Gasteiger partial charge in [-0.1, -0.05) is 24.3 Å². The minimum absolute atomic E-state index is 0.0552. The van der Waals surface area contributed by atoms with E-state index in [0.29, 0.717) is 42.3 Å². The molecular weight excluding hydrogens is 458 g/mol. The van der Waals surface area contributed by atoms with Crippen LogP contribution in [0.1, 0.15) is 23.6 Å². The molecule has 36 heavy (non-hydrogen) atoms. The summed E-state index contributed by atoms with van der Waals surface area (Å²) < 4.78 is 7.36. The van der Waals surface area contributed by atoms with Crippen molar-refractivity contribution in [2.45, 2.75) is 18.9 Å². The number of ether oxygens (including phenoxy) is 1. The van der Waals surface area contributed by atoms with Crippen molar-refractivity contribution in [2.75, 3.05) is 30.3 Å². The Labute approximate surface area is 207 Å². The Morgan fingerprint density at radius 3 is 2.64 bits per heavy atom. The van der Waals surface area contributed by atoms with E-state index >= 15 is 0 Å². The van der Waals surface area contributed by atoms with Gasteiger partial charge in [0.25, 0.3) is 11.5 Å². The molecule has 0 saturated carbocycles. The van der Waals surface area contributed by atoms with Crippen LogP contribution < -0.4 is 20.9 Å². The van der Waals surface area contributed by atoms with Gasteiger partial charge < -0.3 is 24.8 Å². The molecule has 9 nitrogen and oxygen atoms in total. The quantitative estimate of drug-likeness (QED) is 0.577. The number of pyridine rings is 1. The summed E-state index contributed by atoms with van der Waals surface area (Å²) in [6.07, 6.45) is 0.827. The fourth-order valence-corrected chi connectivity index (χ4v) is 5.03. The van der Waals surface area contributed by atoms with Gasteiger partial charge in [0.05, 0.1) is 17.3 Å². The van der Waals surface area contributed by atoms with Gasteiger partial charge in [0.2, 0.25) is 0 Å². The van der Waals surface area contributed by atoms with Crippen molar-refractivity contribution in [3.05, 3.63) is 88.3 Å². The molecule has 2 atom stereocenters. The van der Waals surface area contributed by atoms with Crippen molar-refractivity contribution in [1.82, 2.24) is 9.47 Å². The van der Waals surface area contributed by atoms with Crippen molar-refractivity contribution in [1.29, 1.82) is 5.26 Å². The Bertz CT molecular complexity index is 1400. The maximum atomic E-state index is 12.9. The Morgan fingerprint density at radius 2 is 1.83 bits per heavy atom. The third-order valence-corrected chi connectivity index (χ3v) is 6.55. The second kappa shape index (κ2) is 9.96. The smallest absolute Gasteiger partial charge is 0.323 e. The lowest BCUT2D eigenvalue weighted by atomic mass is 9.82. The first-order valence-electron chi connectivity index (χ1n) is 11.8. The van der Waals surface area contributed by atoms with Crippen LogP contribution in [-0.2, 0) is 11.3 Å². The molecule has 3 heterocycles. The molecule has 0 aliphatic carbocycles. The zero-order valence-electron chi connectivity index (χ0n) is 19.5. The number of anilines is 2. The maximum absolute atomic E-state index is 12.9. The van der Waals surface area contributed by atoms with Crippen LogP contribution in [0.3, 0.4) is 0 Å². The fraction of sp³-hybridized carbons (Fsp3) is 0.259.